The van der Waals surface area contributed by atoms with Crippen molar-refractivity contribution in [1.82, 2.24) is 19.7 Å². The van der Waals surface area contributed by atoms with Crippen molar-refractivity contribution in [2.45, 2.75) is 38.1 Å². The van der Waals surface area contributed by atoms with Crippen molar-refractivity contribution < 1.29 is 17.9 Å². The average molecular weight is 354 g/mol. The van der Waals surface area contributed by atoms with Crippen LogP contribution in [0.3, 0.4) is 0 Å². The molecule has 2 aromatic rings. The van der Waals surface area contributed by atoms with Crippen LogP contribution in [0.25, 0.3) is 5.69 Å². The molecule has 0 radical (unpaired) electrons. The quantitative estimate of drug-likeness (QED) is 0.842. The van der Waals surface area contributed by atoms with E-state index in [9.17, 15) is 13.2 Å². The zero-order valence-corrected chi connectivity index (χ0v) is 14.3. The molecule has 1 aromatic heterocycles. The predicted octanol–water partition coefficient (Wildman–Crippen LogP) is 3.59. The van der Waals surface area contributed by atoms with Gasteiger partial charge in [0.05, 0.1) is 17.3 Å². The molecule has 5 nitrogen and oxygen atoms in total. The second-order valence-electron chi connectivity index (χ2n) is 6.27. The molecule has 0 N–H and O–H groups in total. The summed E-state index contributed by atoms with van der Waals surface area (Å²) in [6.07, 6.45) is -1.33. The van der Waals surface area contributed by atoms with E-state index >= 15 is 0 Å². The molecule has 0 bridgehead atoms. The lowest BCUT2D eigenvalue weighted by molar-refractivity contribution is -0.137. The topological polar surface area (TPSA) is 43.2 Å². The Labute approximate surface area is 144 Å². The molecular formula is C17H21F3N4O. The third-order valence-electron chi connectivity index (χ3n) is 4.44. The second-order valence-corrected chi connectivity index (χ2v) is 6.27. The summed E-state index contributed by atoms with van der Waals surface area (Å²) in [5.41, 5.74) is -0.338. The molecule has 1 aromatic carbocycles. The van der Waals surface area contributed by atoms with Crippen LogP contribution in [0, 0.1) is 0 Å². The summed E-state index contributed by atoms with van der Waals surface area (Å²) in [7, 11) is 3.54. The Morgan fingerprint density at radius 1 is 1.28 bits per heavy atom. The highest BCUT2D eigenvalue weighted by Crippen LogP contribution is 2.33. The van der Waals surface area contributed by atoms with Crippen LogP contribution in [0.4, 0.5) is 13.2 Å². The molecule has 0 unspecified atom stereocenters. The molecule has 1 atom stereocenters. The summed E-state index contributed by atoms with van der Waals surface area (Å²) in [5.74, 6) is 1.13. The molecule has 0 aliphatic carbocycles. The number of piperidine rings is 1. The Hall–Kier alpha value is -1.93. The van der Waals surface area contributed by atoms with Gasteiger partial charge in [-0.25, -0.2) is 9.67 Å². The van der Waals surface area contributed by atoms with Gasteiger partial charge in [0.2, 0.25) is 0 Å². The van der Waals surface area contributed by atoms with Gasteiger partial charge in [-0.15, -0.1) is 5.10 Å². The number of rotatable bonds is 4. The Bertz CT molecular complexity index is 729. The molecule has 2 heterocycles. The fraction of sp³-hybridized carbons (Fsp3) is 0.529. The minimum atomic E-state index is -4.40. The lowest BCUT2D eigenvalue weighted by atomic mass is 10.0. The minimum absolute atomic E-state index is 0.0291. The van der Waals surface area contributed by atoms with Gasteiger partial charge in [0, 0.05) is 7.11 Å². The number of ether oxygens (including phenoxy) is 1. The van der Waals surface area contributed by atoms with Crippen LogP contribution >= 0.6 is 0 Å². The highest BCUT2D eigenvalue weighted by molar-refractivity contribution is 5.37. The van der Waals surface area contributed by atoms with Gasteiger partial charge in [-0.05, 0) is 44.6 Å². The van der Waals surface area contributed by atoms with Crippen molar-refractivity contribution in [3.8, 4) is 5.69 Å². The van der Waals surface area contributed by atoms with E-state index < -0.39 is 11.7 Å². The highest BCUT2D eigenvalue weighted by Gasteiger charge is 2.32. The molecule has 1 saturated heterocycles. The number of hydrogen-bond donors (Lipinski definition) is 0. The van der Waals surface area contributed by atoms with E-state index in [-0.39, 0.29) is 12.6 Å². The third-order valence-corrected chi connectivity index (χ3v) is 4.44. The van der Waals surface area contributed by atoms with Crippen LogP contribution < -0.4 is 0 Å². The van der Waals surface area contributed by atoms with E-state index in [1.54, 1.807) is 6.07 Å². The first-order valence-corrected chi connectivity index (χ1v) is 8.23. The summed E-state index contributed by atoms with van der Waals surface area (Å²) < 4.78 is 45.8. The largest absolute Gasteiger partial charge is 0.416 e. The van der Waals surface area contributed by atoms with Crippen molar-refractivity contribution in [2.24, 2.45) is 0 Å². The fourth-order valence-electron chi connectivity index (χ4n) is 3.18. The summed E-state index contributed by atoms with van der Waals surface area (Å²) in [5, 5.41) is 4.39. The van der Waals surface area contributed by atoms with Crippen LogP contribution in [-0.4, -0.2) is 40.4 Å². The molecule has 1 fully saturated rings. The van der Waals surface area contributed by atoms with Crippen molar-refractivity contribution >= 4 is 0 Å². The van der Waals surface area contributed by atoms with Gasteiger partial charge >= 0.3 is 6.18 Å². The van der Waals surface area contributed by atoms with Gasteiger partial charge in [0.1, 0.15) is 12.4 Å². The molecule has 0 spiro atoms. The first kappa shape index (κ1) is 17.9. The van der Waals surface area contributed by atoms with Crippen LogP contribution in [0.1, 0.15) is 42.5 Å². The van der Waals surface area contributed by atoms with Gasteiger partial charge in [-0.2, -0.15) is 13.2 Å². The Morgan fingerprint density at radius 2 is 2.08 bits per heavy atom. The van der Waals surface area contributed by atoms with Gasteiger partial charge in [-0.3, -0.25) is 4.90 Å². The molecule has 25 heavy (non-hydrogen) atoms. The molecule has 1 aliphatic heterocycles. The number of alkyl halides is 3. The first-order valence-electron chi connectivity index (χ1n) is 8.23. The maximum Gasteiger partial charge on any atom is 0.416 e. The number of aromatic nitrogens is 3. The highest BCUT2D eigenvalue weighted by atomic mass is 19.4. The number of halogens is 3. The smallest absolute Gasteiger partial charge is 0.377 e. The van der Waals surface area contributed by atoms with Gasteiger partial charge in [0.25, 0.3) is 0 Å². The lowest BCUT2D eigenvalue weighted by Gasteiger charge is -2.31. The van der Waals surface area contributed by atoms with E-state index in [1.807, 2.05) is 7.05 Å². The molecule has 8 heteroatoms. The van der Waals surface area contributed by atoms with Crippen molar-refractivity contribution in [2.75, 3.05) is 20.7 Å². The lowest BCUT2D eigenvalue weighted by Crippen LogP contribution is -2.31. The molecule has 1 aliphatic rings. The van der Waals surface area contributed by atoms with Crippen molar-refractivity contribution in [3.05, 3.63) is 41.5 Å². The van der Waals surface area contributed by atoms with E-state index in [1.165, 1.54) is 17.9 Å². The van der Waals surface area contributed by atoms with E-state index in [4.69, 9.17) is 4.74 Å². The van der Waals surface area contributed by atoms with E-state index in [0.29, 0.717) is 17.3 Å². The van der Waals surface area contributed by atoms with E-state index in [0.717, 1.165) is 37.9 Å². The predicted molar refractivity (Wildman–Crippen MR) is 86.3 cm³/mol. The molecule has 3 rings (SSSR count). The number of benzene rings is 1. The molecule has 136 valence electrons. The van der Waals surface area contributed by atoms with Crippen molar-refractivity contribution in [3.63, 3.8) is 0 Å². The van der Waals surface area contributed by atoms with Gasteiger partial charge < -0.3 is 4.74 Å². The molecule has 0 saturated carbocycles. The monoisotopic (exact) mass is 354 g/mol. The first-order chi connectivity index (χ1) is 11.9. The standard InChI is InChI=1S/C17H21F3N4O/c1-23-9-4-3-8-14(23)16-21-15(11-25-2)22-24(16)13-7-5-6-12(10-13)17(18,19)20/h5-7,10,14H,3-4,8-9,11H2,1-2H3/t14-/m1/s1. The number of hydrogen-bond acceptors (Lipinski definition) is 4. The number of nitrogens with zero attached hydrogens (tertiary/aromatic N) is 4. The Morgan fingerprint density at radius 3 is 2.76 bits per heavy atom. The second kappa shape index (κ2) is 7.13. The van der Waals surface area contributed by atoms with Crippen LogP contribution in [0.15, 0.2) is 24.3 Å². The Kier molecular flexibility index (Phi) is 5.10. The van der Waals surface area contributed by atoms with Crippen LogP contribution in [0.5, 0.6) is 0 Å². The Balaban J connectivity index is 2.05. The normalized spacial score (nSPS) is 19.3. The SMILES string of the molecule is COCc1nc([C@H]2CCCCN2C)n(-c2cccc(C(F)(F)F)c2)n1. The zero-order chi connectivity index (χ0) is 18.0. The maximum absolute atomic E-state index is 13.1. The summed E-state index contributed by atoms with van der Waals surface area (Å²) >= 11 is 0. The maximum atomic E-state index is 13.1. The van der Waals surface area contributed by atoms with Crippen LogP contribution in [-0.2, 0) is 17.5 Å². The zero-order valence-electron chi connectivity index (χ0n) is 14.3. The van der Waals surface area contributed by atoms with Gasteiger partial charge in [0.15, 0.2) is 5.82 Å². The molecule has 0 amide bonds. The summed E-state index contributed by atoms with van der Waals surface area (Å²) in [6.45, 7) is 1.15. The van der Waals surface area contributed by atoms with Crippen molar-refractivity contribution in [1.29, 1.82) is 0 Å². The van der Waals surface area contributed by atoms with E-state index in [2.05, 4.69) is 15.0 Å². The molecular weight excluding hydrogens is 333 g/mol. The van der Waals surface area contributed by atoms with Gasteiger partial charge in [-0.1, -0.05) is 12.5 Å². The summed E-state index contributed by atoms with van der Waals surface area (Å²) in [4.78, 5) is 6.72. The number of likely N-dealkylation sites (tertiary alicyclic amines) is 1. The van der Waals surface area contributed by atoms with Crippen LogP contribution in [0.2, 0.25) is 0 Å². The fourth-order valence-corrected chi connectivity index (χ4v) is 3.18. The minimum Gasteiger partial charge on any atom is -0.377 e. The average Bonchev–Trinajstić information content (AvgIpc) is 2.99. The number of methoxy groups -OCH3 is 1. The summed E-state index contributed by atoms with van der Waals surface area (Å²) in [6, 6.07) is 5.21. The third kappa shape index (κ3) is 3.85.